The van der Waals surface area contributed by atoms with Crippen LogP contribution in [0.2, 0.25) is 0 Å². The van der Waals surface area contributed by atoms with Crippen molar-refractivity contribution in [3.8, 4) is 0 Å². The third kappa shape index (κ3) is 3.65. The summed E-state index contributed by atoms with van der Waals surface area (Å²) in [5.41, 5.74) is 2.60. The quantitative estimate of drug-likeness (QED) is 0.225. The van der Waals surface area contributed by atoms with E-state index < -0.39 is 0 Å². The van der Waals surface area contributed by atoms with E-state index in [2.05, 4.69) is 20.2 Å². The average Bonchev–Trinajstić information content (AvgIpc) is 2.47. The molecule has 6 heteroatoms. The molecule has 15 heavy (non-hydrogen) atoms. The number of nitrogens with two attached hydrogens (primary N) is 1. The topological polar surface area (TPSA) is 77.1 Å². The van der Waals surface area contributed by atoms with Crippen molar-refractivity contribution in [1.82, 2.24) is 15.2 Å². The molecule has 0 aromatic carbocycles. The maximum Gasteiger partial charge on any atom is 0.208 e. The molecule has 1 heterocycles. The van der Waals surface area contributed by atoms with Crippen LogP contribution in [-0.4, -0.2) is 67.2 Å². The lowest BCUT2D eigenvalue weighted by atomic mass is 10.4. The third-order valence-electron chi connectivity index (χ3n) is 2.65. The van der Waals surface area contributed by atoms with Gasteiger partial charge in [0.05, 0.1) is 6.61 Å². The highest BCUT2D eigenvalue weighted by atomic mass is 16.3. The summed E-state index contributed by atoms with van der Waals surface area (Å²) in [5, 5.41) is 8.87. The zero-order chi connectivity index (χ0) is 11.1. The van der Waals surface area contributed by atoms with Gasteiger partial charge in [-0.05, 0) is 13.0 Å². The van der Waals surface area contributed by atoms with Gasteiger partial charge in [0.25, 0.3) is 0 Å². The minimum Gasteiger partial charge on any atom is -0.395 e. The highest BCUT2D eigenvalue weighted by Gasteiger charge is 2.16. The monoisotopic (exact) mass is 215 g/mol. The molecular weight excluding hydrogens is 194 g/mol. The van der Waals surface area contributed by atoms with Gasteiger partial charge in [-0.15, -0.1) is 0 Å². The number of β-amino-alcohol motifs (C(OH)–C–C–N with tert-alkyl or cyclic N) is 1. The van der Waals surface area contributed by atoms with Crippen LogP contribution in [-0.2, 0) is 0 Å². The summed E-state index contributed by atoms with van der Waals surface area (Å²) < 4.78 is 0. The summed E-state index contributed by atoms with van der Waals surface area (Å²) in [5.74, 6) is 6.12. The first-order valence-electron chi connectivity index (χ1n) is 5.33. The first kappa shape index (κ1) is 12.2. The molecule has 0 aliphatic carbocycles. The largest absolute Gasteiger partial charge is 0.395 e. The van der Waals surface area contributed by atoms with Crippen molar-refractivity contribution >= 4 is 5.96 Å². The van der Waals surface area contributed by atoms with E-state index in [1.807, 2.05) is 0 Å². The van der Waals surface area contributed by atoms with E-state index in [1.54, 1.807) is 7.05 Å². The van der Waals surface area contributed by atoms with E-state index in [4.69, 9.17) is 10.9 Å². The van der Waals surface area contributed by atoms with Gasteiger partial charge in [-0.25, -0.2) is 5.84 Å². The molecule has 0 radical (unpaired) electrons. The number of guanidine groups is 1. The van der Waals surface area contributed by atoms with Crippen LogP contribution in [0.25, 0.3) is 0 Å². The number of nitrogens with one attached hydrogen (secondary N) is 1. The van der Waals surface area contributed by atoms with Gasteiger partial charge >= 0.3 is 0 Å². The van der Waals surface area contributed by atoms with Gasteiger partial charge in [0.2, 0.25) is 5.96 Å². The van der Waals surface area contributed by atoms with Crippen LogP contribution in [0.15, 0.2) is 4.99 Å². The lowest BCUT2D eigenvalue weighted by molar-refractivity contribution is 0.201. The average molecular weight is 215 g/mol. The summed E-state index contributed by atoms with van der Waals surface area (Å²) in [4.78, 5) is 8.47. The SMILES string of the molecule is CN=C(NN)N1CCCN(CCO)CC1. The van der Waals surface area contributed by atoms with Crippen molar-refractivity contribution in [2.24, 2.45) is 10.8 Å². The van der Waals surface area contributed by atoms with Gasteiger partial charge < -0.3 is 10.0 Å². The van der Waals surface area contributed by atoms with Crippen molar-refractivity contribution in [2.45, 2.75) is 6.42 Å². The fourth-order valence-corrected chi connectivity index (χ4v) is 1.85. The third-order valence-corrected chi connectivity index (χ3v) is 2.65. The molecule has 1 saturated heterocycles. The lowest BCUT2D eigenvalue weighted by Gasteiger charge is -2.23. The molecule has 1 fully saturated rings. The normalized spacial score (nSPS) is 20.2. The number of rotatable bonds is 2. The fourth-order valence-electron chi connectivity index (χ4n) is 1.85. The van der Waals surface area contributed by atoms with Gasteiger partial charge in [-0.1, -0.05) is 0 Å². The maximum absolute atomic E-state index is 8.87. The van der Waals surface area contributed by atoms with Crippen molar-refractivity contribution in [2.75, 3.05) is 46.4 Å². The highest BCUT2D eigenvalue weighted by molar-refractivity contribution is 5.79. The van der Waals surface area contributed by atoms with E-state index in [0.29, 0.717) is 0 Å². The second-order valence-corrected chi connectivity index (χ2v) is 3.60. The van der Waals surface area contributed by atoms with Crippen LogP contribution >= 0.6 is 0 Å². The first-order chi connectivity index (χ1) is 7.31. The number of aliphatic hydroxyl groups excluding tert-OH is 1. The van der Waals surface area contributed by atoms with E-state index in [0.717, 1.165) is 45.1 Å². The molecule has 0 bridgehead atoms. The van der Waals surface area contributed by atoms with Crippen LogP contribution in [0.4, 0.5) is 0 Å². The molecule has 88 valence electrons. The Labute approximate surface area is 90.7 Å². The Morgan fingerprint density at radius 1 is 1.40 bits per heavy atom. The zero-order valence-corrected chi connectivity index (χ0v) is 9.32. The number of nitrogens with zero attached hydrogens (tertiary/aromatic N) is 3. The molecule has 6 nitrogen and oxygen atoms in total. The van der Waals surface area contributed by atoms with Crippen LogP contribution in [0, 0.1) is 0 Å². The Kier molecular flexibility index (Phi) is 5.38. The number of hydrogen-bond acceptors (Lipinski definition) is 4. The molecule has 0 aromatic rings. The summed E-state index contributed by atoms with van der Waals surface area (Å²) in [6.07, 6.45) is 1.07. The molecular formula is C9H21N5O. The van der Waals surface area contributed by atoms with Gasteiger partial charge in [-0.3, -0.25) is 15.3 Å². The molecule has 0 atom stereocenters. The predicted molar refractivity (Wildman–Crippen MR) is 60.4 cm³/mol. The van der Waals surface area contributed by atoms with E-state index in [1.165, 1.54) is 0 Å². The van der Waals surface area contributed by atoms with Gasteiger partial charge in [0.1, 0.15) is 0 Å². The molecule has 0 aromatic heterocycles. The fraction of sp³-hybridized carbons (Fsp3) is 0.889. The first-order valence-corrected chi connectivity index (χ1v) is 5.33. The van der Waals surface area contributed by atoms with Crippen molar-refractivity contribution in [1.29, 1.82) is 0 Å². The molecule has 0 saturated carbocycles. The second kappa shape index (κ2) is 6.60. The smallest absolute Gasteiger partial charge is 0.208 e. The predicted octanol–water partition coefficient (Wildman–Crippen LogP) is -1.56. The molecule has 4 N–H and O–H groups in total. The standard InChI is InChI=1S/C9H21N5O/c1-11-9(12-10)14-4-2-3-13(5-6-14)7-8-15/h15H,2-8,10H2,1H3,(H,11,12). The highest BCUT2D eigenvalue weighted by Crippen LogP contribution is 2.02. The molecule has 1 aliphatic rings. The summed E-state index contributed by atoms with van der Waals surface area (Å²) in [6, 6.07) is 0. The summed E-state index contributed by atoms with van der Waals surface area (Å²) >= 11 is 0. The van der Waals surface area contributed by atoms with Gasteiger partial charge in [0, 0.05) is 33.2 Å². The Bertz CT molecular complexity index is 209. The molecule has 1 aliphatic heterocycles. The zero-order valence-electron chi connectivity index (χ0n) is 9.32. The summed E-state index contributed by atoms with van der Waals surface area (Å²) in [7, 11) is 1.73. The minimum atomic E-state index is 0.226. The Balaban J connectivity index is 2.45. The van der Waals surface area contributed by atoms with Gasteiger partial charge in [0.15, 0.2) is 0 Å². The van der Waals surface area contributed by atoms with Crippen LogP contribution in [0.5, 0.6) is 0 Å². The van der Waals surface area contributed by atoms with Crippen molar-refractivity contribution in [3.63, 3.8) is 0 Å². The number of hydrazine groups is 1. The number of hydrogen-bond donors (Lipinski definition) is 3. The molecule has 0 spiro atoms. The Morgan fingerprint density at radius 3 is 2.80 bits per heavy atom. The van der Waals surface area contributed by atoms with Crippen LogP contribution in [0.1, 0.15) is 6.42 Å². The minimum absolute atomic E-state index is 0.226. The van der Waals surface area contributed by atoms with E-state index in [-0.39, 0.29) is 6.61 Å². The molecule has 0 amide bonds. The summed E-state index contributed by atoms with van der Waals surface area (Å²) in [6.45, 7) is 4.81. The van der Waals surface area contributed by atoms with Crippen LogP contribution in [0.3, 0.4) is 0 Å². The lowest BCUT2D eigenvalue weighted by Crippen LogP contribution is -2.46. The van der Waals surface area contributed by atoms with E-state index in [9.17, 15) is 0 Å². The second-order valence-electron chi connectivity index (χ2n) is 3.60. The van der Waals surface area contributed by atoms with Crippen molar-refractivity contribution in [3.05, 3.63) is 0 Å². The van der Waals surface area contributed by atoms with E-state index >= 15 is 0 Å². The van der Waals surface area contributed by atoms with Crippen LogP contribution < -0.4 is 11.3 Å². The Morgan fingerprint density at radius 2 is 2.20 bits per heavy atom. The molecule has 1 rings (SSSR count). The number of aliphatic hydroxyl groups is 1. The van der Waals surface area contributed by atoms with Gasteiger partial charge in [-0.2, -0.15) is 0 Å². The molecule has 0 unspecified atom stereocenters. The number of aliphatic imine (C=N–C) groups is 1. The maximum atomic E-state index is 8.87. The van der Waals surface area contributed by atoms with Crippen molar-refractivity contribution < 1.29 is 5.11 Å². The Hall–Kier alpha value is -0.850.